The average Bonchev–Trinajstić information content (AvgIpc) is 2.73. The van der Waals surface area contributed by atoms with Crippen molar-refractivity contribution in [3.05, 3.63) is 35.6 Å². The van der Waals surface area contributed by atoms with Crippen molar-refractivity contribution in [2.75, 3.05) is 6.54 Å². The van der Waals surface area contributed by atoms with Gasteiger partial charge in [-0.05, 0) is 25.5 Å². The van der Waals surface area contributed by atoms with Crippen molar-refractivity contribution in [1.82, 2.24) is 10.2 Å². The Hall–Kier alpha value is -2.45. The molecule has 0 saturated heterocycles. The van der Waals surface area contributed by atoms with Gasteiger partial charge in [0.05, 0.1) is 5.56 Å². The fourth-order valence-corrected chi connectivity index (χ4v) is 2.39. The van der Waals surface area contributed by atoms with Crippen LogP contribution in [-0.4, -0.2) is 40.9 Å². The van der Waals surface area contributed by atoms with Crippen LogP contribution >= 0.6 is 0 Å². The number of hydrogen-bond donors (Lipinski definition) is 1. The Kier molecular flexibility index (Phi) is 4.63. The molecule has 0 radical (unpaired) electrons. The first-order valence-corrected chi connectivity index (χ1v) is 7.16. The summed E-state index contributed by atoms with van der Waals surface area (Å²) in [7, 11) is 0. The van der Waals surface area contributed by atoms with Crippen LogP contribution in [0, 0.1) is 5.82 Å². The zero-order valence-corrected chi connectivity index (χ0v) is 12.9. The van der Waals surface area contributed by atoms with Gasteiger partial charge >= 0.3 is 11.8 Å². The Morgan fingerprint density at radius 3 is 2.50 bits per heavy atom. The molecular formula is C15H15F4N3O2. The summed E-state index contributed by atoms with van der Waals surface area (Å²) in [6, 6.07) is 4.54. The maximum atomic E-state index is 13.6. The van der Waals surface area contributed by atoms with Crippen molar-refractivity contribution in [2.45, 2.75) is 32.1 Å². The summed E-state index contributed by atoms with van der Waals surface area (Å²) in [5.74, 6) is -3.93. The van der Waals surface area contributed by atoms with Crippen LogP contribution in [0.5, 0.6) is 0 Å². The molecule has 24 heavy (non-hydrogen) atoms. The van der Waals surface area contributed by atoms with E-state index in [4.69, 9.17) is 0 Å². The van der Waals surface area contributed by atoms with Crippen LogP contribution in [0.15, 0.2) is 29.3 Å². The first-order chi connectivity index (χ1) is 11.1. The van der Waals surface area contributed by atoms with E-state index in [0.717, 1.165) is 17.0 Å². The monoisotopic (exact) mass is 345 g/mol. The number of carbonyl (C=O) groups excluding carboxylic acids is 2. The van der Waals surface area contributed by atoms with Crippen LogP contribution in [0.1, 0.15) is 30.6 Å². The molecule has 1 aromatic rings. The molecule has 1 unspecified atom stereocenters. The topological polar surface area (TPSA) is 61.8 Å². The molecule has 0 spiro atoms. The van der Waals surface area contributed by atoms with Crippen LogP contribution in [0.3, 0.4) is 0 Å². The molecule has 2 rings (SSSR count). The molecule has 1 atom stereocenters. The maximum absolute atomic E-state index is 13.6. The molecule has 130 valence electrons. The van der Waals surface area contributed by atoms with E-state index in [9.17, 15) is 27.2 Å². The Balaban J connectivity index is 2.43. The molecular weight excluding hydrogens is 330 g/mol. The Morgan fingerprint density at radius 1 is 1.33 bits per heavy atom. The van der Waals surface area contributed by atoms with Crippen LogP contribution in [-0.2, 0) is 4.79 Å². The number of nitrogens with one attached hydrogen (secondary N) is 1. The second-order valence-electron chi connectivity index (χ2n) is 5.26. The number of nitrogens with zero attached hydrogens (tertiary/aromatic N) is 2. The van der Waals surface area contributed by atoms with Gasteiger partial charge in [0.15, 0.2) is 0 Å². The minimum atomic E-state index is -5.17. The van der Waals surface area contributed by atoms with Crippen LogP contribution in [0.2, 0.25) is 0 Å². The van der Waals surface area contributed by atoms with E-state index in [1.165, 1.54) is 19.1 Å². The lowest BCUT2D eigenvalue weighted by Gasteiger charge is -2.29. The Labute approximate surface area is 135 Å². The second-order valence-corrected chi connectivity index (χ2v) is 5.26. The third-order valence-corrected chi connectivity index (χ3v) is 3.55. The van der Waals surface area contributed by atoms with E-state index in [0.29, 0.717) is 6.42 Å². The van der Waals surface area contributed by atoms with Crippen LogP contribution in [0.4, 0.5) is 17.6 Å². The quantitative estimate of drug-likeness (QED) is 0.853. The lowest BCUT2D eigenvalue weighted by molar-refractivity contribution is -0.196. The molecule has 1 heterocycles. The first kappa shape index (κ1) is 17.9. The summed E-state index contributed by atoms with van der Waals surface area (Å²) in [6.07, 6.45) is -4.76. The minimum absolute atomic E-state index is 0.0293. The van der Waals surface area contributed by atoms with Crippen LogP contribution in [0.25, 0.3) is 0 Å². The molecule has 1 aromatic carbocycles. The lowest BCUT2D eigenvalue weighted by Crippen LogP contribution is -2.63. The molecule has 0 bridgehead atoms. The average molecular weight is 345 g/mol. The third-order valence-electron chi connectivity index (χ3n) is 3.55. The zero-order valence-electron chi connectivity index (χ0n) is 12.9. The fraction of sp³-hybridized carbons (Fsp3) is 0.400. The van der Waals surface area contributed by atoms with Crippen molar-refractivity contribution in [3.63, 3.8) is 0 Å². The van der Waals surface area contributed by atoms with Crippen molar-refractivity contribution >= 4 is 17.6 Å². The summed E-state index contributed by atoms with van der Waals surface area (Å²) >= 11 is 0. The first-order valence-electron chi connectivity index (χ1n) is 7.16. The number of alkyl halides is 3. The number of hydrogen-bond acceptors (Lipinski definition) is 3. The predicted octanol–water partition coefficient (Wildman–Crippen LogP) is 2.48. The normalized spacial score (nSPS) is 21.0. The van der Waals surface area contributed by atoms with E-state index in [-0.39, 0.29) is 12.4 Å². The van der Waals surface area contributed by atoms with E-state index < -0.39 is 35.0 Å². The lowest BCUT2D eigenvalue weighted by atomic mass is 10.1. The standard InChI is InChI=1S/C15H15F4N3O2/c1-3-8-22-9(2)20-14(13(22)24,15(17,18)19)21-12(23)10-6-4-5-7-11(10)16/h4-7H,3,8H2,1-2H3,(H,21,23). The fourth-order valence-electron chi connectivity index (χ4n) is 2.39. The molecule has 9 heteroatoms. The summed E-state index contributed by atoms with van der Waals surface area (Å²) in [4.78, 5) is 28.6. The number of amidine groups is 1. The van der Waals surface area contributed by atoms with E-state index >= 15 is 0 Å². The molecule has 1 N–H and O–H groups in total. The van der Waals surface area contributed by atoms with Gasteiger partial charge in [0.2, 0.25) is 0 Å². The number of carbonyl (C=O) groups is 2. The molecule has 0 aromatic heterocycles. The van der Waals surface area contributed by atoms with E-state index in [1.807, 2.05) is 0 Å². The van der Waals surface area contributed by atoms with Gasteiger partial charge in [0.1, 0.15) is 11.7 Å². The number of halogens is 4. The maximum Gasteiger partial charge on any atom is 0.442 e. The smallest absolute Gasteiger partial charge is 0.312 e. The zero-order chi connectivity index (χ0) is 18.1. The largest absolute Gasteiger partial charge is 0.442 e. The molecule has 0 aliphatic carbocycles. The molecule has 0 fully saturated rings. The number of benzene rings is 1. The van der Waals surface area contributed by atoms with Gasteiger partial charge in [-0.1, -0.05) is 19.1 Å². The highest BCUT2D eigenvalue weighted by Gasteiger charge is 2.66. The molecule has 2 amide bonds. The van der Waals surface area contributed by atoms with Gasteiger partial charge in [-0.15, -0.1) is 0 Å². The molecule has 1 aliphatic heterocycles. The highest BCUT2D eigenvalue weighted by molar-refractivity contribution is 6.10. The molecule has 5 nitrogen and oxygen atoms in total. The summed E-state index contributed by atoms with van der Waals surface area (Å²) in [6.45, 7) is 2.96. The van der Waals surface area contributed by atoms with Crippen molar-refractivity contribution in [2.24, 2.45) is 4.99 Å². The minimum Gasteiger partial charge on any atom is -0.312 e. The Morgan fingerprint density at radius 2 is 1.96 bits per heavy atom. The molecule has 0 saturated carbocycles. The van der Waals surface area contributed by atoms with Crippen LogP contribution < -0.4 is 5.32 Å². The highest BCUT2D eigenvalue weighted by Crippen LogP contribution is 2.37. The van der Waals surface area contributed by atoms with Gasteiger partial charge in [-0.2, -0.15) is 13.2 Å². The van der Waals surface area contributed by atoms with E-state index in [2.05, 4.69) is 4.99 Å². The number of rotatable bonds is 4. The third kappa shape index (κ3) is 2.85. The SMILES string of the molecule is CCCN1C(=O)C(NC(=O)c2ccccc2F)(C(F)(F)F)N=C1C. The predicted molar refractivity (Wildman–Crippen MR) is 77.8 cm³/mol. The van der Waals surface area contributed by atoms with Crippen molar-refractivity contribution in [3.8, 4) is 0 Å². The summed E-state index contributed by atoms with van der Waals surface area (Å²) in [5, 5.41) is 1.58. The summed E-state index contributed by atoms with van der Waals surface area (Å²) in [5.41, 5.74) is -4.04. The summed E-state index contributed by atoms with van der Waals surface area (Å²) < 4.78 is 54.3. The second kappa shape index (κ2) is 6.21. The highest BCUT2D eigenvalue weighted by atomic mass is 19.4. The van der Waals surface area contributed by atoms with Gasteiger partial charge in [-0.3, -0.25) is 14.5 Å². The van der Waals surface area contributed by atoms with Gasteiger partial charge < -0.3 is 5.32 Å². The van der Waals surface area contributed by atoms with E-state index in [1.54, 1.807) is 12.2 Å². The molecule has 1 aliphatic rings. The number of amides is 2. The van der Waals surface area contributed by atoms with Crippen molar-refractivity contribution < 1.29 is 27.2 Å². The Bertz CT molecular complexity index is 702. The van der Waals surface area contributed by atoms with Gasteiger partial charge in [-0.25, -0.2) is 9.38 Å². The number of aliphatic imine (C=N–C) groups is 1. The van der Waals surface area contributed by atoms with Crippen molar-refractivity contribution in [1.29, 1.82) is 0 Å². The van der Waals surface area contributed by atoms with Gasteiger partial charge in [0, 0.05) is 6.54 Å². The van der Waals surface area contributed by atoms with Gasteiger partial charge in [0.25, 0.3) is 11.8 Å².